The Kier molecular flexibility index (Phi) is 3.16. The summed E-state index contributed by atoms with van der Waals surface area (Å²) in [4.78, 5) is 0. The molecular formula is C16H22O2. The summed E-state index contributed by atoms with van der Waals surface area (Å²) in [7, 11) is 0. The van der Waals surface area contributed by atoms with Crippen LogP contribution in [0.2, 0.25) is 0 Å². The molecule has 1 aromatic rings. The summed E-state index contributed by atoms with van der Waals surface area (Å²) in [6.45, 7) is 0. The lowest BCUT2D eigenvalue weighted by Gasteiger charge is -2.35. The fourth-order valence-electron chi connectivity index (χ4n) is 3.74. The van der Waals surface area contributed by atoms with E-state index in [4.69, 9.17) is 0 Å². The van der Waals surface area contributed by atoms with Gasteiger partial charge < -0.3 is 10.2 Å². The molecule has 0 aliphatic heterocycles. The van der Waals surface area contributed by atoms with Crippen molar-refractivity contribution in [3.8, 4) is 0 Å². The summed E-state index contributed by atoms with van der Waals surface area (Å²) < 4.78 is 0. The molecule has 2 atom stereocenters. The molecule has 98 valence electrons. The minimum Gasteiger partial charge on any atom is -0.390 e. The zero-order valence-corrected chi connectivity index (χ0v) is 10.8. The van der Waals surface area contributed by atoms with Gasteiger partial charge in [-0.05, 0) is 49.1 Å². The Morgan fingerprint density at radius 2 is 1.89 bits per heavy atom. The summed E-state index contributed by atoms with van der Waals surface area (Å²) in [5.41, 5.74) is 1.85. The minimum absolute atomic E-state index is 0.225. The molecule has 0 heterocycles. The fraction of sp³-hybridized carbons (Fsp3) is 0.625. The van der Waals surface area contributed by atoms with E-state index in [9.17, 15) is 10.2 Å². The molecule has 18 heavy (non-hydrogen) atoms. The van der Waals surface area contributed by atoms with Crippen LogP contribution in [0.3, 0.4) is 0 Å². The molecule has 0 bridgehead atoms. The van der Waals surface area contributed by atoms with Gasteiger partial charge in [-0.1, -0.05) is 37.1 Å². The maximum atomic E-state index is 10.5. The van der Waals surface area contributed by atoms with Gasteiger partial charge in [-0.15, -0.1) is 0 Å². The Labute approximate surface area is 109 Å². The van der Waals surface area contributed by atoms with Crippen molar-refractivity contribution >= 4 is 0 Å². The number of aliphatic hydroxyl groups excluding tert-OH is 1. The average Bonchev–Trinajstić information content (AvgIpc) is 2.80. The third-order valence-electron chi connectivity index (χ3n) is 4.78. The molecule has 1 fully saturated rings. The summed E-state index contributed by atoms with van der Waals surface area (Å²) >= 11 is 0. The van der Waals surface area contributed by atoms with E-state index in [-0.39, 0.29) is 12.0 Å². The molecule has 2 N–H and O–H groups in total. The van der Waals surface area contributed by atoms with E-state index in [2.05, 4.69) is 6.07 Å². The molecule has 0 saturated heterocycles. The van der Waals surface area contributed by atoms with Crippen LogP contribution in [0.1, 0.15) is 55.8 Å². The second-order valence-electron chi connectivity index (χ2n) is 6.08. The zero-order valence-electron chi connectivity index (χ0n) is 10.8. The van der Waals surface area contributed by atoms with E-state index in [1.165, 1.54) is 5.56 Å². The highest BCUT2D eigenvalue weighted by Crippen LogP contribution is 2.42. The van der Waals surface area contributed by atoms with Crippen molar-refractivity contribution in [1.82, 2.24) is 0 Å². The van der Waals surface area contributed by atoms with E-state index in [0.29, 0.717) is 0 Å². The normalized spacial score (nSPS) is 30.1. The minimum atomic E-state index is -0.502. The summed E-state index contributed by atoms with van der Waals surface area (Å²) in [6.07, 6.45) is 6.51. The molecule has 2 aliphatic carbocycles. The molecule has 0 radical (unpaired) electrons. The number of aliphatic hydroxyl groups is 2. The number of benzene rings is 1. The molecule has 1 aromatic carbocycles. The van der Waals surface area contributed by atoms with Crippen LogP contribution in [-0.4, -0.2) is 15.8 Å². The molecule has 3 rings (SSSR count). The van der Waals surface area contributed by atoms with Crippen molar-refractivity contribution in [1.29, 1.82) is 0 Å². The highest BCUT2D eigenvalue weighted by molar-refractivity contribution is 5.31. The molecule has 2 unspecified atom stereocenters. The van der Waals surface area contributed by atoms with Crippen molar-refractivity contribution in [2.75, 3.05) is 0 Å². The highest BCUT2D eigenvalue weighted by Gasteiger charge is 2.37. The van der Waals surface area contributed by atoms with Gasteiger partial charge in [-0.25, -0.2) is 0 Å². The van der Waals surface area contributed by atoms with Gasteiger partial charge in [0.1, 0.15) is 0 Å². The second kappa shape index (κ2) is 4.67. The van der Waals surface area contributed by atoms with Crippen LogP contribution >= 0.6 is 0 Å². The lowest BCUT2D eigenvalue weighted by atomic mass is 9.75. The predicted octanol–water partition coefficient (Wildman–Crippen LogP) is 2.98. The monoisotopic (exact) mass is 246 g/mol. The first kappa shape index (κ1) is 12.2. The van der Waals surface area contributed by atoms with Crippen LogP contribution in [0.5, 0.6) is 0 Å². The average molecular weight is 246 g/mol. The highest BCUT2D eigenvalue weighted by atomic mass is 16.3. The summed E-state index contributed by atoms with van der Waals surface area (Å²) in [6, 6.07) is 8.18. The Morgan fingerprint density at radius 1 is 1.17 bits per heavy atom. The number of fused-ring (bicyclic) bond motifs is 1. The van der Waals surface area contributed by atoms with Crippen molar-refractivity contribution < 1.29 is 10.2 Å². The van der Waals surface area contributed by atoms with Crippen LogP contribution in [0.15, 0.2) is 24.3 Å². The van der Waals surface area contributed by atoms with E-state index >= 15 is 0 Å². The standard InChI is InChI=1S/C16H22O2/c17-15-13(11-16(18)9-3-4-10-16)8-7-12-5-1-2-6-14(12)15/h1-2,5-6,13,15,17-18H,3-4,7-11H2. The van der Waals surface area contributed by atoms with Gasteiger partial charge in [0.05, 0.1) is 11.7 Å². The predicted molar refractivity (Wildman–Crippen MR) is 71.2 cm³/mol. The number of hydrogen-bond acceptors (Lipinski definition) is 2. The van der Waals surface area contributed by atoms with E-state index in [1.807, 2.05) is 18.2 Å². The molecule has 0 aromatic heterocycles. The summed E-state index contributed by atoms with van der Waals surface area (Å²) in [5, 5.41) is 21.0. The molecular weight excluding hydrogens is 224 g/mol. The van der Waals surface area contributed by atoms with Crippen LogP contribution in [0, 0.1) is 5.92 Å². The van der Waals surface area contributed by atoms with Gasteiger partial charge in [0.15, 0.2) is 0 Å². The Morgan fingerprint density at radius 3 is 2.67 bits per heavy atom. The molecule has 2 heteroatoms. The van der Waals surface area contributed by atoms with Crippen molar-refractivity contribution in [3.63, 3.8) is 0 Å². The molecule has 0 amide bonds. The largest absolute Gasteiger partial charge is 0.390 e. The van der Waals surface area contributed by atoms with Gasteiger partial charge >= 0.3 is 0 Å². The lowest BCUT2D eigenvalue weighted by molar-refractivity contribution is -0.0138. The molecule has 2 aliphatic rings. The van der Waals surface area contributed by atoms with Gasteiger partial charge in [0, 0.05) is 0 Å². The zero-order chi connectivity index (χ0) is 12.6. The third-order valence-corrected chi connectivity index (χ3v) is 4.78. The van der Waals surface area contributed by atoms with Crippen LogP contribution in [0.4, 0.5) is 0 Å². The van der Waals surface area contributed by atoms with Gasteiger partial charge in [0.2, 0.25) is 0 Å². The quantitative estimate of drug-likeness (QED) is 0.842. The maximum absolute atomic E-state index is 10.5. The SMILES string of the molecule is OC1c2ccccc2CCC1CC1(O)CCCC1. The Hall–Kier alpha value is -0.860. The van der Waals surface area contributed by atoms with Gasteiger partial charge in [-0.3, -0.25) is 0 Å². The van der Waals surface area contributed by atoms with Crippen molar-refractivity contribution in [2.45, 2.75) is 56.7 Å². The first-order valence-electron chi connectivity index (χ1n) is 7.16. The molecule has 0 spiro atoms. The molecule has 2 nitrogen and oxygen atoms in total. The van der Waals surface area contributed by atoms with Crippen LogP contribution in [-0.2, 0) is 6.42 Å². The van der Waals surface area contributed by atoms with Crippen molar-refractivity contribution in [2.24, 2.45) is 5.92 Å². The maximum Gasteiger partial charge on any atom is 0.0822 e. The third kappa shape index (κ3) is 2.19. The van der Waals surface area contributed by atoms with E-state index in [1.54, 1.807) is 0 Å². The Balaban J connectivity index is 1.76. The van der Waals surface area contributed by atoms with Crippen LogP contribution < -0.4 is 0 Å². The number of rotatable bonds is 2. The first-order chi connectivity index (χ1) is 8.68. The van der Waals surface area contributed by atoms with Crippen LogP contribution in [0.25, 0.3) is 0 Å². The van der Waals surface area contributed by atoms with Gasteiger partial charge in [-0.2, -0.15) is 0 Å². The summed E-state index contributed by atoms with van der Waals surface area (Å²) in [5.74, 6) is 0.225. The lowest BCUT2D eigenvalue weighted by Crippen LogP contribution is -2.32. The number of hydrogen-bond donors (Lipinski definition) is 2. The topological polar surface area (TPSA) is 40.5 Å². The van der Waals surface area contributed by atoms with E-state index < -0.39 is 5.60 Å². The van der Waals surface area contributed by atoms with Gasteiger partial charge in [0.25, 0.3) is 0 Å². The smallest absolute Gasteiger partial charge is 0.0822 e. The number of aryl methyl sites for hydroxylation is 1. The van der Waals surface area contributed by atoms with Crippen molar-refractivity contribution in [3.05, 3.63) is 35.4 Å². The second-order valence-corrected chi connectivity index (χ2v) is 6.08. The Bertz CT molecular complexity index is 421. The first-order valence-corrected chi connectivity index (χ1v) is 7.16. The fourth-order valence-corrected chi connectivity index (χ4v) is 3.74. The molecule has 1 saturated carbocycles. The van der Waals surface area contributed by atoms with E-state index in [0.717, 1.165) is 50.5 Å².